The van der Waals surface area contributed by atoms with Crippen LogP contribution < -0.4 is 65.9 Å². The van der Waals surface area contributed by atoms with Gasteiger partial charge in [-0.25, -0.2) is 8.42 Å². The van der Waals surface area contributed by atoms with E-state index in [1.54, 1.807) is 44.2 Å². The molecule has 0 heterocycles. The Bertz CT molecular complexity index is 2580. The lowest BCUT2D eigenvalue weighted by Gasteiger charge is -2.29. The molecule has 2 aromatic carbocycles. The van der Waals surface area contributed by atoms with Crippen molar-refractivity contribution in [3.05, 3.63) is 65.7 Å². The second-order valence-electron chi connectivity index (χ2n) is 24.0. The normalized spacial score (nSPS) is 14.8. The topological polar surface area (TPSA) is 388 Å². The number of rotatable bonds is 42. The smallest absolute Gasteiger partial charge is 0.368 e. The zero-order valence-corrected chi connectivity index (χ0v) is 52.8. The summed E-state index contributed by atoms with van der Waals surface area (Å²) in [6, 6.07) is 2.18. The number of nitrogens with zero attached hydrogens (tertiary/aromatic N) is 1. The Morgan fingerprint density at radius 2 is 0.816 bits per heavy atom. The van der Waals surface area contributed by atoms with Gasteiger partial charge in [0.15, 0.2) is 0 Å². The summed E-state index contributed by atoms with van der Waals surface area (Å²) in [7, 11) is -4.69. The summed E-state index contributed by atoms with van der Waals surface area (Å²) in [6.45, 7) is 14.0. The van der Waals surface area contributed by atoms with Gasteiger partial charge in [-0.3, -0.25) is 38.4 Å². The third-order valence-corrected chi connectivity index (χ3v) is 15.9. The maximum Gasteiger partial charge on any atom is 0.416 e. The molecule has 23 nitrogen and oxygen atoms in total. The molecular weight excluding hydrogens is 1150 g/mol. The molecule has 27 heteroatoms. The molecule has 2 rings (SSSR count). The van der Waals surface area contributed by atoms with Crippen LogP contribution in [0.25, 0.3) is 0 Å². The van der Waals surface area contributed by atoms with Gasteiger partial charge in [-0.05, 0) is 163 Å². The number of unbranched alkanes of at least 4 members (excludes halogenated alkanes) is 3. The van der Waals surface area contributed by atoms with Crippen LogP contribution >= 0.6 is 0 Å². The molecule has 8 atom stereocenters. The molecule has 0 spiro atoms. The minimum absolute atomic E-state index is 0.00883. The average Bonchev–Trinajstić information content (AvgIpc) is 1.24. The molecule has 0 saturated heterocycles. The van der Waals surface area contributed by atoms with E-state index in [0.717, 1.165) is 22.0 Å². The highest BCUT2D eigenvalue weighted by molar-refractivity contribution is 7.89. The van der Waals surface area contributed by atoms with Crippen LogP contribution in [0.1, 0.15) is 150 Å². The van der Waals surface area contributed by atoms with E-state index < -0.39 is 135 Å². The number of benzene rings is 2. The summed E-state index contributed by atoms with van der Waals surface area (Å²) in [5.41, 5.74) is 29.1. The fourth-order valence-electron chi connectivity index (χ4n) is 9.60. The Morgan fingerprint density at radius 1 is 0.483 bits per heavy atom. The third-order valence-electron chi connectivity index (χ3n) is 14.1. The number of nitrogens with one attached hydrogen (secondary N) is 7. The quantitative estimate of drug-likeness (QED) is 0.0426. The van der Waals surface area contributed by atoms with Gasteiger partial charge < -0.3 is 65.9 Å². The van der Waals surface area contributed by atoms with Gasteiger partial charge in [0.05, 0.1) is 17.0 Å². The van der Waals surface area contributed by atoms with Gasteiger partial charge in [0.1, 0.15) is 42.3 Å². The highest BCUT2D eigenvalue weighted by Gasteiger charge is 2.37. The summed E-state index contributed by atoms with van der Waals surface area (Å²) >= 11 is 0. The van der Waals surface area contributed by atoms with Gasteiger partial charge in [0, 0.05) is 12.6 Å². The van der Waals surface area contributed by atoms with Crippen LogP contribution in [0.4, 0.5) is 13.2 Å². The number of amides is 8. The minimum atomic E-state index is -4.76. The van der Waals surface area contributed by atoms with E-state index in [0.29, 0.717) is 50.7 Å². The Balaban J connectivity index is 2.49. The molecular formula is C60H100F3N13O10S. The molecule has 17 N–H and O–H groups in total. The van der Waals surface area contributed by atoms with Gasteiger partial charge in [0.2, 0.25) is 57.3 Å². The van der Waals surface area contributed by atoms with Crippen LogP contribution in [0.3, 0.4) is 0 Å². The molecule has 0 aliphatic rings. The molecule has 0 radical (unpaired) electrons. The number of sulfonamides is 1. The summed E-state index contributed by atoms with van der Waals surface area (Å²) in [5, 5.41) is 19.1. The fourth-order valence-corrected chi connectivity index (χ4v) is 11.1. The van der Waals surface area contributed by atoms with Crippen LogP contribution in [0.2, 0.25) is 0 Å². The fraction of sp³-hybridized carbons (Fsp3) is 0.667. The van der Waals surface area contributed by atoms with Crippen LogP contribution in [-0.4, -0.2) is 141 Å². The van der Waals surface area contributed by atoms with Crippen LogP contribution in [0.15, 0.2) is 59.5 Å². The van der Waals surface area contributed by atoms with Gasteiger partial charge in [-0.2, -0.15) is 17.5 Å². The van der Waals surface area contributed by atoms with E-state index in [1.165, 1.54) is 0 Å². The molecule has 0 bridgehead atoms. The SMILES string of the molecule is CC(C)C[C@H](NC(=O)[C@H](CC(C)C)NC(=O)[C@H](CCCCN)NC(=O)[C@H](CCCCN)NC(=O)[C@H](CC(C)C)NC(=O)[C@H](CC(C)C)NC(=O)[C@H](CCCCN)NC(=O)CN(C[C@@H](N)Cc1ccccc1)S(=O)(=O)c1ccc(C(F)(F)F)cc1)C(N)=O. The van der Waals surface area contributed by atoms with Crippen molar-refractivity contribution in [2.45, 2.75) is 205 Å². The van der Waals surface area contributed by atoms with Crippen LogP contribution in [0.5, 0.6) is 0 Å². The number of hydrogen-bond donors (Lipinski definition) is 12. The van der Waals surface area contributed by atoms with E-state index in [9.17, 15) is 59.9 Å². The van der Waals surface area contributed by atoms with Gasteiger partial charge in [-0.1, -0.05) is 85.7 Å². The second-order valence-corrected chi connectivity index (χ2v) is 26.0. The van der Waals surface area contributed by atoms with Crippen molar-refractivity contribution in [2.24, 2.45) is 52.3 Å². The molecule has 8 amide bonds. The lowest BCUT2D eigenvalue weighted by atomic mass is 9.98. The maximum absolute atomic E-state index is 14.5. The zero-order valence-electron chi connectivity index (χ0n) is 52.0. The summed E-state index contributed by atoms with van der Waals surface area (Å²) in [4.78, 5) is 111. The molecule has 0 aromatic heterocycles. The standard InChI is InChI=1S/C60H100F3N13O10S/c1-37(2)30-48(53(68)78)72-58(83)50(32-39(5)6)74-56(81)47(22-14-17-29-66)70-55(80)46(21-13-16-28-65)71-57(82)49(31-38(3)4)75-59(84)51(33-40(7)8)73-54(79)45(20-12-15-27-64)69-52(77)36-76(35-43(67)34-41-18-10-9-11-19-41)87(85,86)44-25-23-42(24-26-44)60(61,62)63/h9-11,18-19,23-26,37-40,43,45-51H,12-17,20-22,27-36,64-67H2,1-8H3,(H2,68,78)(H,69,77)(H,70,80)(H,71,82)(H,72,83)(H,73,79)(H,74,81)(H,75,84)/t43-,45-,46-,47-,48-,49-,50-,51-/m0/s1. The predicted octanol–water partition coefficient (Wildman–Crippen LogP) is 2.72. The van der Waals surface area contributed by atoms with Gasteiger partial charge in [0.25, 0.3) is 0 Å². The third kappa shape index (κ3) is 29.1. The lowest BCUT2D eigenvalue weighted by Crippen LogP contribution is -2.60. The minimum Gasteiger partial charge on any atom is -0.368 e. The van der Waals surface area contributed by atoms with Gasteiger partial charge in [-0.15, -0.1) is 0 Å². The lowest BCUT2D eigenvalue weighted by molar-refractivity contribution is -0.137. The largest absolute Gasteiger partial charge is 0.416 e. The van der Waals surface area contributed by atoms with E-state index >= 15 is 0 Å². The number of carbonyl (C=O) groups is 8. The van der Waals surface area contributed by atoms with Crippen molar-refractivity contribution >= 4 is 57.3 Å². The number of alkyl halides is 3. The summed E-state index contributed by atoms with van der Waals surface area (Å²) < 4.78 is 69.5. The number of hydrogen-bond acceptors (Lipinski definition) is 14. The number of halogens is 3. The van der Waals surface area contributed by atoms with Crippen molar-refractivity contribution in [2.75, 3.05) is 32.7 Å². The van der Waals surface area contributed by atoms with Crippen molar-refractivity contribution in [1.29, 1.82) is 0 Å². The first kappa shape index (κ1) is 76.8. The average molecular weight is 1250 g/mol. The van der Waals surface area contributed by atoms with Crippen molar-refractivity contribution in [1.82, 2.24) is 41.5 Å². The molecule has 0 unspecified atom stereocenters. The predicted molar refractivity (Wildman–Crippen MR) is 328 cm³/mol. The van der Waals surface area contributed by atoms with Crippen LogP contribution in [-0.2, 0) is 61.0 Å². The highest BCUT2D eigenvalue weighted by Crippen LogP contribution is 2.30. The molecule has 87 heavy (non-hydrogen) atoms. The number of carbonyl (C=O) groups excluding carboxylic acids is 8. The summed E-state index contributed by atoms with van der Waals surface area (Å²) in [6.07, 6.45) is -1.45. The van der Waals surface area contributed by atoms with E-state index in [-0.39, 0.29) is 94.7 Å². The number of nitrogens with two attached hydrogens (primary N) is 5. The Kier molecular flexibility index (Phi) is 34.4. The first-order chi connectivity index (χ1) is 40.8. The molecule has 2 aromatic rings. The molecule has 0 aliphatic carbocycles. The van der Waals surface area contributed by atoms with E-state index in [2.05, 4.69) is 37.2 Å². The zero-order chi connectivity index (χ0) is 65.6. The van der Waals surface area contributed by atoms with Crippen molar-refractivity contribution in [3.8, 4) is 0 Å². The second kappa shape index (κ2) is 38.9. The molecule has 492 valence electrons. The van der Waals surface area contributed by atoms with Gasteiger partial charge >= 0.3 is 6.18 Å². The summed E-state index contributed by atoms with van der Waals surface area (Å²) in [5.74, 6) is -6.65. The number of primary amides is 1. The van der Waals surface area contributed by atoms with Crippen LogP contribution in [0, 0.1) is 23.7 Å². The molecule has 0 aliphatic heterocycles. The Hall–Kier alpha value is -6.26. The Morgan fingerprint density at radius 3 is 1.16 bits per heavy atom. The highest BCUT2D eigenvalue weighted by atomic mass is 32.2. The first-order valence-electron chi connectivity index (χ1n) is 30.3. The van der Waals surface area contributed by atoms with Crippen molar-refractivity contribution < 1.29 is 59.9 Å². The Labute approximate surface area is 512 Å². The maximum atomic E-state index is 14.5. The monoisotopic (exact) mass is 1250 g/mol. The van der Waals surface area contributed by atoms with E-state index in [4.69, 9.17) is 28.7 Å². The van der Waals surface area contributed by atoms with Crippen molar-refractivity contribution in [3.63, 3.8) is 0 Å². The first-order valence-corrected chi connectivity index (χ1v) is 31.7. The molecule has 0 saturated carbocycles. The molecule has 0 fully saturated rings. The van der Waals surface area contributed by atoms with E-state index in [1.807, 2.05) is 41.5 Å².